The van der Waals surface area contributed by atoms with Crippen molar-refractivity contribution in [1.29, 1.82) is 0 Å². The topological polar surface area (TPSA) is 80.3 Å². The molecular weight excluding hydrogens is 271 g/mol. The van der Waals surface area contributed by atoms with Gasteiger partial charge >= 0.3 is 74.0 Å². The van der Waals surface area contributed by atoms with Crippen molar-refractivity contribution < 1.29 is 36.4 Å². The molecule has 0 aliphatic rings. The van der Waals surface area contributed by atoms with Gasteiger partial charge in [-0.25, -0.2) is 0 Å². The normalized spacial score (nSPS) is 11.8. The van der Waals surface area contributed by atoms with E-state index in [4.69, 9.17) is 0 Å². The molecule has 0 amide bonds. The van der Waals surface area contributed by atoms with E-state index in [9.17, 15) is 10.4 Å². The van der Waals surface area contributed by atoms with Crippen molar-refractivity contribution in [2.75, 3.05) is 18.7 Å². The Morgan fingerprint density at radius 1 is 1.45 bits per heavy atom. The van der Waals surface area contributed by atoms with E-state index in [-0.39, 0.29) is 7.99 Å². The molecule has 0 aromatic heterocycles. The maximum absolute atomic E-state index is 10.5. The molecule has 0 aromatic carbocycles. The molecule has 8 heteroatoms. The van der Waals surface area contributed by atoms with E-state index in [1.807, 2.05) is 0 Å². The number of nitrogens with zero attached hydrogens (tertiary/aromatic N) is 2. The molecule has 70 valence electrons. The summed E-state index contributed by atoms with van der Waals surface area (Å²) in [5, 5.41) is 25.2. The zero-order valence-electron chi connectivity index (χ0n) is 6.02. The van der Waals surface area contributed by atoms with Gasteiger partial charge in [-0.2, -0.15) is 0 Å². The third kappa shape index (κ3) is 8.36. The predicted molar refractivity (Wildman–Crippen MR) is 30.4 cm³/mol. The minimum absolute atomic E-state index is 0.148. The van der Waals surface area contributed by atoms with Crippen LogP contribution < -0.4 is 21.5 Å². The predicted octanol–water partition coefficient (Wildman–Crippen LogP) is -3.40. The third-order valence-corrected chi connectivity index (χ3v) is 2.46. The van der Waals surface area contributed by atoms with Crippen LogP contribution >= 0.6 is 0 Å². The van der Waals surface area contributed by atoms with Gasteiger partial charge in [0.2, 0.25) is 0 Å². The van der Waals surface area contributed by atoms with E-state index < -0.39 is 21.5 Å². The van der Waals surface area contributed by atoms with Crippen molar-refractivity contribution in [3.8, 4) is 0 Å². The Labute approximate surface area is 74.4 Å². The fourth-order valence-corrected chi connectivity index (χ4v) is 1.05. The fraction of sp³-hybridized carbons (Fsp3) is 1.00. The molecule has 0 aliphatic heterocycles. The first-order valence-electron chi connectivity index (χ1n) is 2.49. The molecule has 0 heterocycles. The second-order valence-corrected chi connectivity index (χ2v) is 3.54. The van der Waals surface area contributed by atoms with Gasteiger partial charge in [0.1, 0.15) is 0 Å². The Kier molecular flexibility index (Phi) is 7.41. The van der Waals surface area contributed by atoms with Gasteiger partial charge in [0, 0.05) is 0 Å². The molecule has 0 spiro atoms. The van der Waals surface area contributed by atoms with E-state index in [1.165, 1.54) is 14.2 Å². The summed E-state index contributed by atoms with van der Waals surface area (Å²) in [5.74, 6) is 0. The molecule has 0 aliphatic carbocycles. The molecule has 0 radical (unpaired) electrons. The van der Waals surface area contributed by atoms with Crippen molar-refractivity contribution in [1.82, 2.24) is 8.50 Å². The molecule has 0 bridgehead atoms. The van der Waals surface area contributed by atoms with Gasteiger partial charge < -0.3 is 0 Å². The summed E-state index contributed by atoms with van der Waals surface area (Å²) in [4.78, 5) is 7.96. The van der Waals surface area contributed by atoms with Crippen LogP contribution in [0.15, 0.2) is 0 Å². The fourth-order valence-electron chi connectivity index (χ4n) is 0.193. The SMILES string of the molecule is COOON([O-])[I-]CN(C)[O-]. The molecule has 0 N–H and O–H groups in total. The van der Waals surface area contributed by atoms with Crippen molar-refractivity contribution >= 4 is 0 Å². The minimum atomic E-state index is -1.03. The molecule has 0 rings (SSSR count). The van der Waals surface area contributed by atoms with Crippen LogP contribution in [0.5, 0.6) is 0 Å². The first kappa shape index (κ1) is 11.4. The van der Waals surface area contributed by atoms with E-state index >= 15 is 0 Å². The summed E-state index contributed by atoms with van der Waals surface area (Å²) in [6.07, 6.45) is 0. The molecule has 0 saturated carbocycles. The Morgan fingerprint density at radius 2 is 2.09 bits per heavy atom. The van der Waals surface area contributed by atoms with Gasteiger partial charge in [-0.05, 0) is 0 Å². The second kappa shape index (κ2) is 7.12. The summed E-state index contributed by atoms with van der Waals surface area (Å²) in [6, 6.07) is 0. The van der Waals surface area contributed by atoms with Crippen molar-refractivity contribution in [3.05, 3.63) is 10.4 Å². The van der Waals surface area contributed by atoms with E-state index in [2.05, 4.69) is 14.9 Å². The number of alkyl halides is 1. The Hall–Kier alpha value is 0.450. The zero-order valence-corrected chi connectivity index (χ0v) is 8.18. The van der Waals surface area contributed by atoms with Crippen LogP contribution in [0.4, 0.5) is 0 Å². The molecule has 0 atom stereocenters. The molecule has 7 nitrogen and oxygen atoms in total. The van der Waals surface area contributed by atoms with Crippen LogP contribution in [0.1, 0.15) is 0 Å². The summed E-state index contributed by atoms with van der Waals surface area (Å²) < 4.78 is 0.353. The molecule has 0 fully saturated rings. The average Bonchev–Trinajstić information content (AvgIpc) is 1.97. The van der Waals surface area contributed by atoms with Crippen LogP contribution in [-0.4, -0.2) is 27.2 Å². The van der Waals surface area contributed by atoms with Gasteiger partial charge in [-0.3, -0.25) is 0 Å². The Morgan fingerprint density at radius 3 is 2.55 bits per heavy atom. The number of rotatable bonds is 6. The van der Waals surface area contributed by atoms with Crippen LogP contribution in [0.2, 0.25) is 0 Å². The molecule has 11 heavy (non-hydrogen) atoms. The van der Waals surface area contributed by atoms with Crippen LogP contribution in [-0.2, 0) is 14.9 Å². The van der Waals surface area contributed by atoms with Gasteiger partial charge in [0.05, 0.1) is 0 Å². The van der Waals surface area contributed by atoms with Crippen LogP contribution in [0, 0.1) is 10.4 Å². The van der Waals surface area contributed by atoms with Crippen LogP contribution in [0.3, 0.4) is 0 Å². The second-order valence-electron chi connectivity index (χ2n) is 1.39. The zero-order chi connectivity index (χ0) is 8.69. The summed E-state index contributed by atoms with van der Waals surface area (Å²) >= 11 is -1.03. The van der Waals surface area contributed by atoms with Gasteiger partial charge in [0.15, 0.2) is 0 Å². The van der Waals surface area contributed by atoms with E-state index in [0.717, 1.165) is 0 Å². The van der Waals surface area contributed by atoms with Crippen molar-refractivity contribution in [3.63, 3.8) is 0 Å². The van der Waals surface area contributed by atoms with Crippen molar-refractivity contribution in [2.24, 2.45) is 0 Å². The monoisotopic (exact) mass is 279 g/mol. The third-order valence-electron chi connectivity index (χ3n) is 0.476. The standard InChI is InChI=1S/C3H8IN2O5/c1-5(7)3-4-6(8)10-11-9-2/h3H2,1-2H3/q-3. The molecule has 0 unspecified atom stereocenters. The average molecular weight is 279 g/mol. The quantitative estimate of drug-likeness (QED) is 0.125. The summed E-state index contributed by atoms with van der Waals surface area (Å²) in [7, 11) is 2.52. The number of hydrogen-bond donors (Lipinski definition) is 0. The Bertz CT molecular complexity index is 93.8. The first-order valence-corrected chi connectivity index (χ1v) is 4.98. The van der Waals surface area contributed by atoms with E-state index in [0.29, 0.717) is 5.06 Å². The number of halogens is 1. The van der Waals surface area contributed by atoms with Gasteiger partial charge in [-0.1, -0.05) is 0 Å². The molecule has 0 saturated heterocycles. The number of hydrogen-bond acceptors (Lipinski definition) is 7. The number of hydroxylamine groups is 2. The van der Waals surface area contributed by atoms with Crippen molar-refractivity contribution in [2.45, 2.75) is 0 Å². The summed E-state index contributed by atoms with van der Waals surface area (Å²) in [6.45, 7) is 0. The maximum atomic E-state index is 10.5. The Balaban J connectivity index is 3.15. The van der Waals surface area contributed by atoms with E-state index in [1.54, 1.807) is 0 Å². The molecular formula is C3H8IN2O5-3. The van der Waals surface area contributed by atoms with Gasteiger partial charge in [0.25, 0.3) is 0 Å². The first-order chi connectivity index (χ1) is 5.16. The van der Waals surface area contributed by atoms with Crippen LogP contribution in [0.25, 0.3) is 0 Å². The molecule has 0 aromatic rings. The summed E-state index contributed by atoms with van der Waals surface area (Å²) in [5.41, 5.74) is 0. The van der Waals surface area contributed by atoms with Gasteiger partial charge in [-0.15, -0.1) is 0 Å².